The highest BCUT2D eigenvalue weighted by Gasteiger charge is 2.50. The van der Waals surface area contributed by atoms with E-state index < -0.39 is 57.1 Å². The molecular weight excluding hydrogens is 1650 g/mol. The third-order valence-electron chi connectivity index (χ3n) is 23.4. The minimum atomic E-state index is -3.23. The molecule has 5 aromatic heterocycles. The van der Waals surface area contributed by atoms with Crippen molar-refractivity contribution in [1.29, 1.82) is 0 Å². The van der Waals surface area contributed by atoms with E-state index in [1.54, 1.807) is 66.6 Å². The molecule has 1 amide bonds. The van der Waals surface area contributed by atoms with E-state index in [1.165, 1.54) is 56.0 Å². The fourth-order valence-corrected chi connectivity index (χ4v) is 23.1. The number of H-pyrrole nitrogens is 5. The van der Waals surface area contributed by atoms with Gasteiger partial charge in [-0.3, -0.25) is 30.3 Å². The molecule has 1 saturated carbocycles. The van der Waals surface area contributed by atoms with Crippen LogP contribution in [0.1, 0.15) is 91.0 Å². The molecule has 0 radical (unpaired) electrons. The average Bonchev–Trinajstić information content (AvgIpc) is 0.860. The number of aliphatic hydroxyl groups excluding tert-OH is 1. The molecule has 6 saturated heterocycles. The maximum atomic E-state index is 12.2. The molecule has 1 atom stereocenters. The van der Waals surface area contributed by atoms with E-state index in [0.717, 1.165) is 160 Å². The van der Waals surface area contributed by atoms with Crippen molar-refractivity contribution in [3.63, 3.8) is 0 Å². The van der Waals surface area contributed by atoms with Gasteiger partial charge in [-0.15, -0.1) is 0 Å². The van der Waals surface area contributed by atoms with E-state index in [2.05, 4.69) is 105 Å². The zero-order valence-corrected chi connectivity index (χ0v) is 73.2. The Morgan fingerprint density at radius 2 is 0.881 bits per heavy atom. The molecule has 118 heavy (non-hydrogen) atoms. The lowest BCUT2D eigenvalue weighted by atomic mass is 9.75. The summed E-state index contributed by atoms with van der Waals surface area (Å²) in [5.74, 6) is 0.176. The Labute approximate surface area is 703 Å². The van der Waals surface area contributed by atoms with Gasteiger partial charge in [-0.1, -0.05) is 34.8 Å². The Hall–Kier alpha value is -8.59. The first kappa shape index (κ1) is 85.8. The number of halogens is 3. The highest BCUT2D eigenvalue weighted by molar-refractivity contribution is 7.90. The number of piperazine rings is 3. The van der Waals surface area contributed by atoms with Crippen LogP contribution in [-0.4, -0.2) is 273 Å². The summed E-state index contributed by atoms with van der Waals surface area (Å²) >= 11 is 18.5. The molecule has 31 nitrogen and oxygen atoms in total. The number of nitrogens with zero attached hydrogens (tertiary/aromatic N) is 14. The first-order valence-corrected chi connectivity index (χ1v) is 48.1. The number of sulfonamides is 3. The number of piperidine rings is 1. The zero-order valence-electron chi connectivity index (χ0n) is 67.7. The number of likely N-dealkylation sites (tertiary alicyclic amines) is 1. The van der Waals surface area contributed by atoms with Crippen LogP contribution in [0.3, 0.4) is 0 Å². The van der Waals surface area contributed by atoms with Gasteiger partial charge in [0.2, 0.25) is 30.1 Å². The molecule has 1 unspecified atom stereocenters. The zero-order chi connectivity index (χ0) is 84.0. The van der Waals surface area contributed by atoms with Gasteiger partial charge in [0.25, 0.3) is 5.91 Å². The summed E-state index contributed by atoms with van der Waals surface area (Å²) in [5.41, 5.74) is 11.9. The molecule has 18 rings (SSSR count). The minimum Gasteiger partial charge on any atom is -0.384 e. The van der Waals surface area contributed by atoms with Crippen molar-refractivity contribution >= 4 is 175 Å². The van der Waals surface area contributed by atoms with Crippen molar-refractivity contribution in [2.24, 2.45) is 0 Å². The number of benzene rings is 6. The summed E-state index contributed by atoms with van der Waals surface area (Å²) in [7, 11) is -12.8. The summed E-state index contributed by atoms with van der Waals surface area (Å²) in [6.45, 7) is 21.7. The first-order valence-electron chi connectivity index (χ1n) is 39.5. The van der Waals surface area contributed by atoms with Gasteiger partial charge in [0.1, 0.15) is 6.10 Å². The number of hydrogen-bond donors (Lipinski definition) is 7. The minimum absolute atomic E-state index is 0.187. The van der Waals surface area contributed by atoms with Gasteiger partial charge in [0, 0.05) is 192 Å². The van der Waals surface area contributed by atoms with Crippen molar-refractivity contribution in [1.82, 2.24) is 68.8 Å². The molecule has 1 spiro atoms. The second-order valence-electron chi connectivity index (χ2n) is 32.9. The second kappa shape index (κ2) is 34.5. The maximum absolute atomic E-state index is 12.2. The van der Waals surface area contributed by atoms with Crippen LogP contribution >= 0.6 is 34.8 Å². The number of sulfone groups is 1. The standard InChI is InChI=1S/C18H27N5O3S.C18H27N5O2S.C15H19ClN4O2S.C15H18ClN3O2.C14H12ClN3O2S/c1-18(2)13-22(4-5-23(18)27(3,24)25)17-11-14(21-6-8-26-9-7-21)10-16-15(17)12-19-20-16;1-18(2)13-22(8-9-23(18)26(3,24)25)17-11-14(21-6-4-5-7-21)10-16-15(17)12-19-20-16;1-23(21,22)20-6-5-19(10-15(20)3-2-4-15)14-8-11(16)7-13-12(14)9-17-18-13;1-9(20)15(21)19-4-2-10(3-5-19)12-6-11(16)7-14-13(12)8-17-18-14;1-21(19,20)11-4-2-10(3-5-11)17-13-6-9(15)7-14-12(13)8-16-18-14/h10-12H,4-9,13H2,1-3H3,(H,19,20);10-12H,4-9,13H2,1-3H3,(H,19,20);7-9H,2-6,10H2,1H3,(H,17,18);6-10,20H,2-5H2,1H3,(H,17,18);2-8,17H,1H3,(H,16,18). The van der Waals surface area contributed by atoms with Gasteiger partial charge >= 0.3 is 0 Å². The average molecular weight is 1760 g/mol. The van der Waals surface area contributed by atoms with E-state index in [9.17, 15) is 43.6 Å². The quantitative estimate of drug-likeness (QED) is 0.0564. The highest BCUT2D eigenvalue weighted by atomic mass is 35.5. The summed E-state index contributed by atoms with van der Waals surface area (Å²) in [5, 5.41) is 55.3. The van der Waals surface area contributed by atoms with Gasteiger partial charge in [-0.25, -0.2) is 33.7 Å². The molecule has 634 valence electrons. The molecule has 7 aliphatic rings. The topological polar surface area (TPSA) is 368 Å². The third-order valence-corrected chi connectivity index (χ3v) is 29.5. The smallest absolute Gasteiger partial charge is 0.251 e. The van der Waals surface area contributed by atoms with Gasteiger partial charge in [-0.05, 0) is 176 Å². The summed E-state index contributed by atoms with van der Waals surface area (Å²) in [6.07, 6.45) is 20.4. The maximum Gasteiger partial charge on any atom is 0.251 e. The Morgan fingerprint density at radius 3 is 1.33 bits per heavy atom. The number of amides is 1. The lowest BCUT2D eigenvalue weighted by molar-refractivity contribution is -0.140. The fraction of sp³-hybridized carbons (Fsp3) is 0.475. The molecule has 0 bridgehead atoms. The van der Waals surface area contributed by atoms with Gasteiger partial charge in [0.15, 0.2) is 9.84 Å². The van der Waals surface area contributed by atoms with Gasteiger partial charge in [0.05, 0.1) is 107 Å². The van der Waals surface area contributed by atoms with Crippen LogP contribution in [0.5, 0.6) is 0 Å². The number of carbonyl (C=O) groups is 1. The van der Waals surface area contributed by atoms with Crippen LogP contribution in [0.25, 0.3) is 54.5 Å². The van der Waals surface area contributed by atoms with Gasteiger partial charge < -0.3 is 44.6 Å². The largest absolute Gasteiger partial charge is 0.384 e. The highest BCUT2D eigenvalue weighted by Crippen LogP contribution is 2.45. The number of hydrogen-bond acceptors (Lipinski definition) is 22. The van der Waals surface area contributed by atoms with Crippen LogP contribution in [0.2, 0.25) is 15.1 Å². The Morgan fingerprint density at radius 1 is 0.475 bits per heavy atom. The molecule has 6 aliphatic heterocycles. The number of aliphatic hydroxyl groups is 1. The van der Waals surface area contributed by atoms with Crippen molar-refractivity contribution in [3.8, 4) is 0 Å². The number of anilines is 7. The van der Waals surface area contributed by atoms with E-state index in [-0.39, 0.29) is 16.3 Å². The summed E-state index contributed by atoms with van der Waals surface area (Å²) in [6, 6.07) is 26.6. The number of ether oxygens (including phenoxy) is 1. The first-order chi connectivity index (χ1) is 55.9. The predicted molar refractivity (Wildman–Crippen MR) is 469 cm³/mol. The second-order valence-corrected chi connectivity index (χ2v) is 42.0. The van der Waals surface area contributed by atoms with Crippen molar-refractivity contribution in [2.45, 2.75) is 113 Å². The number of morpholine rings is 1. The van der Waals surface area contributed by atoms with E-state index in [0.29, 0.717) is 93.0 Å². The predicted octanol–water partition coefficient (Wildman–Crippen LogP) is 11.2. The summed E-state index contributed by atoms with van der Waals surface area (Å²) in [4.78, 5) is 25.4. The van der Waals surface area contributed by atoms with Gasteiger partial charge in [-0.2, -0.15) is 38.4 Å². The molecule has 11 aromatic rings. The molecule has 7 N–H and O–H groups in total. The molecule has 38 heteroatoms. The monoisotopic (exact) mass is 1750 g/mol. The van der Waals surface area contributed by atoms with Crippen molar-refractivity contribution < 1.29 is 48.3 Å². The number of fused-ring (bicyclic) bond motifs is 5. The van der Waals surface area contributed by atoms with Crippen molar-refractivity contribution in [2.75, 3.05) is 166 Å². The molecule has 11 heterocycles. The number of aromatic amines is 5. The van der Waals surface area contributed by atoms with E-state index in [4.69, 9.17) is 39.5 Å². The number of nitrogens with one attached hydrogen (secondary N) is 6. The fourth-order valence-electron chi connectivity index (χ4n) is 17.7. The molecule has 7 fully saturated rings. The number of aromatic nitrogens is 10. The van der Waals surface area contributed by atoms with Crippen LogP contribution in [-0.2, 0) is 49.4 Å². The van der Waals surface area contributed by atoms with E-state index >= 15 is 0 Å². The third kappa shape index (κ3) is 19.1. The Bertz CT molecular complexity index is 5940. The lowest BCUT2D eigenvalue weighted by Gasteiger charge is -2.55. The molecule has 1 aliphatic carbocycles. The normalized spacial score (nSPS) is 19.3. The number of rotatable bonds is 13. The lowest BCUT2D eigenvalue weighted by Crippen LogP contribution is -2.66. The molecular formula is C80H103Cl3N20O11S4. The number of carbonyl (C=O) groups excluding carboxylic acids is 1. The Balaban J connectivity index is 0.000000122. The van der Waals surface area contributed by atoms with Crippen LogP contribution in [0.4, 0.5) is 39.8 Å². The SMILES string of the molecule is CC(O)C(=O)N1CCC(c2cc(Cl)cc3[nH]ncc23)CC1.CC1(C)CN(c2cc(N3CCCC3)cc3[nH]ncc23)CCN1S(C)(=O)=O.CC1(C)CN(c2cc(N3CCOCC3)cc3[nH]ncc23)CCN1S(C)(=O)=O.CS(=O)(=O)N1CCN(c2cc(Cl)cc3[nH]ncc23)CC12CCC2.CS(=O)(=O)c1ccc(Nc2cc(Cl)cc3[nH]ncc23)cc1. The van der Waals surface area contributed by atoms with Crippen molar-refractivity contribution in [3.05, 3.63) is 137 Å². The van der Waals surface area contributed by atoms with E-state index in [1.807, 2.05) is 70.6 Å². The van der Waals surface area contributed by atoms with Crippen LogP contribution in [0.15, 0.2) is 121 Å². The van der Waals surface area contributed by atoms with Crippen LogP contribution in [0, 0.1) is 0 Å². The Kier molecular flexibility index (Phi) is 25.1. The molecule has 6 aromatic carbocycles. The summed E-state index contributed by atoms with van der Waals surface area (Å²) < 4.78 is 106. The van der Waals surface area contributed by atoms with Crippen LogP contribution < -0.4 is 29.8 Å².